The fraction of sp³-hybridized carbons (Fsp3) is 0.250. The maximum atomic E-state index is 11.0. The van der Waals surface area contributed by atoms with Crippen LogP contribution in [-0.4, -0.2) is 20.4 Å². The zero-order chi connectivity index (χ0) is 14.8. The van der Waals surface area contributed by atoms with Crippen molar-refractivity contribution in [2.24, 2.45) is 5.14 Å². The van der Waals surface area contributed by atoms with Gasteiger partial charge in [0, 0.05) is 6.07 Å². The van der Waals surface area contributed by atoms with Gasteiger partial charge in [-0.25, -0.2) is 13.6 Å². The normalized spacial score (nSPS) is 12.8. The molecule has 0 spiro atoms. The Labute approximate surface area is 116 Å². The Morgan fingerprint density at radius 2 is 2.00 bits per heavy atom. The van der Waals surface area contributed by atoms with Gasteiger partial charge < -0.3 is 14.0 Å². The van der Waals surface area contributed by atoms with Crippen LogP contribution in [0.5, 0.6) is 11.5 Å². The molecule has 7 nitrogen and oxygen atoms in total. The number of sulfonamides is 1. The molecule has 1 aliphatic rings. The van der Waals surface area contributed by atoms with E-state index in [2.05, 4.69) is 5.16 Å². The lowest BCUT2D eigenvalue weighted by molar-refractivity contribution is 0.172. The molecular weight excluding hydrogens is 284 g/mol. The molecule has 0 unspecified atom stereocenters. The Morgan fingerprint density at radius 3 is 2.50 bits per heavy atom. The van der Waals surface area contributed by atoms with Crippen molar-refractivity contribution in [2.75, 3.05) is 6.79 Å². The summed E-state index contributed by atoms with van der Waals surface area (Å²) in [6.07, 6.45) is 0. The second-order valence-corrected chi connectivity index (χ2v) is 5.64. The first-order valence-electron chi connectivity index (χ1n) is 5.69. The minimum Gasteiger partial charge on any atom is -0.454 e. The number of hydrogen-bond donors (Lipinski definition) is 1. The first-order valence-corrected chi connectivity index (χ1v) is 7.24. The number of nitrogens with zero attached hydrogens (tertiary/aromatic N) is 1. The largest absolute Gasteiger partial charge is 0.454 e. The van der Waals surface area contributed by atoms with Gasteiger partial charge in [0.25, 0.3) is 0 Å². The quantitative estimate of drug-likeness (QED) is 0.852. The molecule has 1 aromatic carbocycles. The van der Waals surface area contributed by atoms with E-state index in [1.807, 2.05) is 19.9 Å². The third kappa shape index (κ3) is 3.28. The van der Waals surface area contributed by atoms with Crippen LogP contribution in [0, 0.1) is 13.8 Å². The van der Waals surface area contributed by atoms with E-state index in [-0.39, 0.29) is 17.4 Å². The van der Waals surface area contributed by atoms with Crippen LogP contribution in [-0.2, 0) is 10.0 Å². The summed E-state index contributed by atoms with van der Waals surface area (Å²) >= 11 is 0. The van der Waals surface area contributed by atoms with Crippen molar-refractivity contribution in [3.63, 3.8) is 0 Å². The number of aromatic nitrogens is 1. The third-order valence-electron chi connectivity index (χ3n) is 2.41. The zero-order valence-electron chi connectivity index (χ0n) is 11.0. The highest BCUT2D eigenvalue weighted by atomic mass is 32.2. The molecule has 2 aromatic rings. The average molecular weight is 298 g/mol. The molecular formula is C12H14N2O5S. The fourth-order valence-corrected chi connectivity index (χ4v) is 2.30. The van der Waals surface area contributed by atoms with Gasteiger partial charge in [-0.3, -0.25) is 0 Å². The van der Waals surface area contributed by atoms with Crippen LogP contribution < -0.4 is 14.6 Å². The van der Waals surface area contributed by atoms with Crippen molar-refractivity contribution in [2.45, 2.75) is 18.7 Å². The monoisotopic (exact) mass is 298 g/mol. The molecule has 0 fully saturated rings. The van der Waals surface area contributed by atoms with Gasteiger partial charge in [-0.1, -0.05) is 11.2 Å². The molecule has 0 radical (unpaired) electrons. The lowest BCUT2D eigenvalue weighted by Crippen LogP contribution is -2.12. The van der Waals surface area contributed by atoms with E-state index in [1.165, 1.54) is 6.07 Å². The van der Waals surface area contributed by atoms with Crippen LogP contribution in [0.3, 0.4) is 0 Å². The Bertz CT molecular complexity index is 692. The van der Waals surface area contributed by atoms with E-state index >= 15 is 0 Å². The Morgan fingerprint density at radius 1 is 1.25 bits per heavy atom. The van der Waals surface area contributed by atoms with Crippen molar-refractivity contribution in [1.29, 1.82) is 0 Å². The van der Waals surface area contributed by atoms with Crippen molar-refractivity contribution < 1.29 is 22.4 Å². The smallest absolute Gasteiger partial charge is 0.241 e. The number of aryl methyl sites for hydroxylation is 2. The van der Waals surface area contributed by atoms with Gasteiger partial charge in [-0.15, -0.1) is 0 Å². The highest BCUT2D eigenvalue weighted by Gasteiger charge is 2.23. The summed E-state index contributed by atoms with van der Waals surface area (Å²) in [5.41, 5.74) is 0.942. The summed E-state index contributed by atoms with van der Waals surface area (Å²) in [7, 11) is -3.73. The minimum absolute atomic E-state index is 0.0296. The Kier molecular flexibility index (Phi) is 3.96. The minimum atomic E-state index is -3.73. The molecule has 0 aliphatic carbocycles. The fourth-order valence-electron chi connectivity index (χ4n) is 1.62. The van der Waals surface area contributed by atoms with Crippen LogP contribution in [0.15, 0.2) is 33.7 Å². The molecule has 3 rings (SSSR count). The van der Waals surface area contributed by atoms with Crippen LogP contribution >= 0.6 is 0 Å². The SMILES string of the molecule is Cc1cc(C)on1.NS(=O)(=O)c1cccc2c1OCO2. The van der Waals surface area contributed by atoms with Crippen LogP contribution in [0.4, 0.5) is 0 Å². The number of primary sulfonamides is 1. The molecule has 8 heteroatoms. The molecule has 2 heterocycles. The topological polar surface area (TPSA) is 105 Å². The molecule has 0 saturated heterocycles. The van der Waals surface area contributed by atoms with Crippen LogP contribution in [0.1, 0.15) is 11.5 Å². The molecule has 20 heavy (non-hydrogen) atoms. The van der Waals surface area contributed by atoms with Crippen molar-refractivity contribution in [3.05, 3.63) is 35.7 Å². The van der Waals surface area contributed by atoms with Gasteiger partial charge in [-0.05, 0) is 26.0 Å². The van der Waals surface area contributed by atoms with Gasteiger partial charge in [0.15, 0.2) is 11.5 Å². The maximum absolute atomic E-state index is 11.0. The van der Waals surface area contributed by atoms with Gasteiger partial charge in [0.05, 0.1) is 5.69 Å². The van der Waals surface area contributed by atoms with E-state index in [4.69, 9.17) is 19.1 Å². The highest BCUT2D eigenvalue weighted by Crippen LogP contribution is 2.37. The number of para-hydroxylation sites is 1. The molecule has 0 atom stereocenters. The summed E-state index contributed by atoms with van der Waals surface area (Å²) in [4.78, 5) is -0.0394. The number of fused-ring (bicyclic) bond motifs is 1. The predicted molar refractivity (Wildman–Crippen MR) is 69.9 cm³/mol. The third-order valence-corrected chi connectivity index (χ3v) is 3.35. The molecule has 0 amide bonds. The molecule has 2 N–H and O–H groups in total. The Balaban J connectivity index is 0.000000178. The summed E-state index contributed by atoms with van der Waals surface area (Å²) in [6.45, 7) is 3.80. The van der Waals surface area contributed by atoms with E-state index in [9.17, 15) is 8.42 Å². The second-order valence-electron chi connectivity index (χ2n) is 4.11. The zero-order valence-corrected chi connectivity index (χ0v) is 11.8. The van der Waals surface area contributed by atoms with Gasteiger partial charge in [0.1, 0.15) is 10.7 Å². The van der Waals surface area contributed by atoms with Crippen molar-refractivity contribution in [3.8, 4) is 11.5 Å². The number of ether oxygens (including phenoxy) is 2. The van der Waals surface area contributed by atoms with E-state index in [0.29, 0.717) is 5.75 Å². The molecule has 0 saturated carbocycles. The summed E-state index contributed by atoms with van der Waals surface area (Å²) < 4.78 is 36.8. The summed E-state index contributed by atoms with van der Waals surface area (Å²) in [6, 6.07) is 6.44. The van der Waals surface area contributed by atoms with E-state index < -0.39 is 10.0 Å². The number of nitrogens with two attached hydrogens (primary N) is 1. The lowest BCUT2D eigenvalue weighted by atomic mass is 10.3. The Hall–Kier alpha value is -2.06. The molecule has 1 aliphatic heterocycles. The van der Waals surface area contributed by atoms with Crippen molar-refractivity contribution >= 4 is 10.0 Å². The molecule has 1 aromatic heterocycles. The average Bonchev–Trinajstić information content (AvgIpc) is 2.96. The number of rotatable bonds is 1. The summed E-state index contributed by atoms with van der Waals surface area (Å²) in [5.74, 6) is 1.48. The predicted octanol–water partition coefficient (Wildman–Crippen LogP) is 1.35. The second kappa shape index (κ2) is 5.51. The highest BCUT2D eigenvalue weighted by molar-refractivity contribution is 7.89. The summed E-state index contributed by atoms with van der Waals surface area (Å²) in [5, 5.41) is 8.61. The standard InChI is InChI=1S/C7H7NO4S.C5H7NO/c8-13(9,10)6-3-1-2-5-7(6)12-4-11-5;1-4-3-5(2)7-6-4/h1-3H,4H2,(H2,8,9,10);3H,1-2H3. The first-order chi connectivity index (χ1) is 9.38. The van der Waals surface area contributed by atoms with Gasteiger partial charge in [0.2, 0.25) is 16.8 Å². The van der Waals surface area contributed by atoms with Gasteiger partial charge in [-0.2, -0.15) is 0 Å². The lowest BCUT2D eigenvalue weighted by Gasteiger charge is -2.01. The molecule has 0 bridgehead atoms. The van der Waals surface area contributed by atoms with Crippen LogP contribution in [0.25, 0.3) is 0 Å². The van der Waals surface area contributed by atoms with Crippen LogP contribution in [0.2, 0.25) is 0 Å². The van der Waals surface area contributed by atoms with Gasteiger partial charge >= 0.3 is 0 Å². The first kappa shape index (κ1) is 14.4. The number of benzene rings is 1. The number of hydrogen-bond acceptors (Lipinski definition) is 6. The van der Waals surface area contributed by atoms with E-state index in [0.717, 1.165) is 11.5 Å². The van der Waals surface area contributed by atoms with Crippen molar-refractivity contribution in [1.82, 2.24) is 5.16 Å². The van der Waals surface area contributed by atoms with E-state index in [1.54, 1.807) is 12.1 Å². The molecule has 108 valence electrons. The maximum Gasteiger partial charge on any atom is 0.241 e.